The Bertz CT molecular complexity index is 608. The number of hydrogen-bond donors (Lipinski definition) is 3. The molecule has 112 valence electrons. The molecular formula is C15H19N3O2S. The van der Waals surface area contributed by atoms with Crippen LogP contribution in [-0.2, 0) is 11.2 Å². The SMILES string of the molecule is CC(C)c1csc(NC(=O)C(N)Cc2ccc(O)cc2)n1. The number of nitrogens with two attached hydrogens (primary N) is 1. The van der Waals surface area contributed by atoms with E-state index in [1.807, 2.05) is 5.38 Å². The van der Waals surface area contributed by atoms with Gasteiger partial charge in [0.2, 0.25) is 5.91 Å². The first-order chi connectivity index (χ1) is 9.95. The summed E-state index contributed by atoms with van der Waals surface area (Å²) >= 11 is 1.40. The summed E-state index contributed by atoms with van der Waals surface area (Å²) in [6.45, 7) is 4.11. The normalized spacial score (nSPS) is 12.4. The van der Waals surface area contributed by atoms with E-state index in [0.717, 1.165) is 11.3 Å². The predicted octanol–water partition coefficient (Wildman–Crippen LogP) is 2.48. The summed E-state index contributed by atoms with van der Waals surface area (Å²) in [7, 11) is 0. The van der Waals surface area contributed by atoms with Gasteiger partial charge in [-0.05, 0) is 30.0 Å². The van der Waals surface area contributed by atoms with Gasteiger partial charge in [0, 0.05) is 5.38 Å². The van der Waals surface area contributed by atoms with E-state index < -0.39 is 6.04 Å². The van der Waals surface area contributed by atoms with Crippen molar-refractivity contribution in [3.63, 3.8) is 0 Å². The van der Waals surface area contributed by atoms with Gasteiger partial charge < -0.3 is 16.2 Å². The van der Waals surface area contributed by atoms with Crippen molar-refractivity contribution in [2.75, 3.05) is 5.32 Å². The van der Waals surface area contributed by atoms with Crippen molar-refractivity contribution < 1.29 is 9.90 Å². The molecule has 0 saturated heterocycles. The molecule has 1 atom stereocenters. The van der Waals surface area contributed by atoms with Crippen molar-refractivity contribution >= 4 is 22.4 Å². The zero-order valence-corrected chi connectivity index (χ0v) is 12.9. The van der Waals surface area contributed by atoms with E-state index in [1.165, 1.54) is 11.3 Å². The van der Waals surface area contributed by atoms with Gasteiger partial charge in [-0.3, -0.25) is 4.79 Å². The van der Waals surface area contributed by atoms with Crippen LogP contribution < -0.4 is 11.1 Å². The summed E-state index contributed by atoms with van der Waals surface area (Å²) < 4.78 is 0. The van der Waals surface area contributed by atoms with Gasteiger partial charge in [0.15, 0.2) is 5.13 Å². The Balaban J connectivity index is 1.94. The lowest BCUT2D eigenvalue weighted by Crippen LogP contribution is -2.37. The number of aromatic nitrogens is 1. The number of aromatic hydroxyl groups is 1. The predicted molar refractivity (Wildman–Crippen MR) is 84.6 cm³/mol. The van der Waals surface area contributed by atoms with Crippen molar-refractivity contribution in [2.24, 2.45) is 5.73 Å². The van der Waals surface area contributed by atoms with E-state index in [0.29, 0.717) is 17.5 Å². The third kappa shape index (κ3) is 4.27. The second kappa shape index (κ2) is 6.69. The number of hydrogen-bond acceptors (Lipinski definition) is 5. The van der Waals surface area contributed by atoms with E-state index in [-0.39, 0.29) is 11.7 Å². The van der Waals surface area contributed by atoms with Crippen molar-refractivity contribution in [1.29, 1.82) is 0 Å². The molecule has 1 heterocycles. The maximum absolute atomic E-state index is 12.0. The monoisotopic (exact) mass is 305 g/mol. The zero-order valence-electron chi connectivity index (χ0n) is 12.0. The van der Waals surface area contributed by atoms with Gasteiger partial charge in [-0.2, -0.15) is 0 Å². The van der Waals surface area contributed by atoms with Crippen LogP contribution in [0.4, 0.5) is 5.13 Å². The number of anilines is 1. The standard InChI is InChI=1S/C15H19N3O2S/c1-9(2)13-8-21-15(17-13)18-14(20)12(16)7-10-3-5-11(19)6-4-10/h3-6,8-9,12,19H,7,16H2,1-2H3,(H,17,18,20). The first-order valence-corrected chi connectivity index (χ1v) is 7.63. The van der Waals surface area contributed by atoms with Crippen LogP contribution in [0.2, 0.25) is 0 Å². The maximum Gasteiger partial charge on any atom is 0.243 e. The van der Waals surface area contributed by atoms with Gasteiger partial charge in [-0.15, -0.1) is 11.3 Å². The van der Waals surface area contributed by atoms with Crippen LogP contribution in [0.15, 0.2) is 29.6 Å². The highest BCUT2D eigenvalue weighted by molar-refractivity contribution is 7.13. The van der Waals surface area contributed by atoms with Gasteiger partial charge >= 0.3 is 0 Å². The van der Waals surface area contributed by atoms with Crippen LogP contribution in [0.25, 0.3) is 0 Å². The molecule has 1 unspecified atom stereocenters. The summed E-state index contributed by atoms with van der Waals surface area (Å²) in [5.74, 6) is 0.270. The Labute approximate surface area is 127 Å². The van der Waals surface area contributed by atoms with Crippen LogP contribution in [0.1, 0.15) is 31.0 Å². The molecule has 2 aromatic rings. The van der Waals surface area contributed by atoms with Crippen molar-refractivity contribution in [1.82, 2.24) is 4.98 Å². The molecule has 4 N–H and O–H groups in total. The highest BCUT2D eigenvalue weighted by Crippen LogP contribution is 2.21. The number of carbonyl (C=O) groups excluding carboxylic acids is 1. The lowest BCUT2D eigenvalue weighted by Gasteiger charge is -2.11. The fraction of sp³-hybridized carbons (Fsp3) is 0.333. The topological polar surface area (TPSA) is 88.2 Å². The highest BCUT2D eigenvalue weighted by atomic mass is 32.1. The van der Waals surface area contributed by atoms with Crippen LogP contribution in [0.5, 0.6) is 5.75 Å². The van der Waals surface area contributed by atoms with Crippen LogP contribution >= 0.6 is 11.3 Å². The van der Waals surface area contributed by atoms with Gasteiger partial charge in [-0.25, -0.2) is 4.98 Å². The number of benzene rings is 1. The molecule has 21 heavy (non-hydrogen) atoms. The molecule has 0 aliphatic carbocycles. The molecule has 5 nitrogen and oxygen atoms in total. The van der Waals surface area contributed by atoms with Crippen molar-refractivity contribution in [3.8, 4) is 5.75 Å². The Morgan fingerprint density at radius 1 is 1.38 bits per heavy atom. The lowest BCUT2D eigenvalue weighted by molar-refractivity contribution is -0.117. The highest BCUT2D eigenvalue weighted by Gasteiger charge is 2.16. The Morgan fingerprint density at radius 3 is 2.62 bits per heavy atom. The lowest BCUT2D eigenvalue weighted by atomic mass is 10.1. The molecule has 0 saturated carbocycles. The summed E-state index contributed by atoms with van der Waals surface area (Å²) in [4.78, 5) is 16.4. The third-order valence-electron chi connectivity index (χ3n) is 3.07. The van der Waals surface area contributed by atoms with Gasteiger partial charge in [0.05, 0.1) is 11.7 Å². The number of amides is 1. The summed E-state index contributed by atoms with van der Waals surface area (Å²) in [6, 6.07) is 6.01. The number of phenols is 1. The summed E-state index contributed by atoms with van der Waals surface area (Å²) in [5.41, 5.74) is 7.77. The van der Waals surface area contributed by atoms with Crippen molar-refractivity contribution in [3.05, 3.63) is 40.9 Å². The Kier molecular flexibility index (Phi) is 4.93. The largest absolute Gasteiger partial charge is 0.508 e. The maximum atomic E-state index is 12.0. The van der Waals surface area contributed by atoms with Gasteiger partial charge in [0.1, 0.15) is 5.75 Å². The summed E-state index contributed by atoms with van der Waals surface area (Å²) in [5, 5.41) is 14.5. The average Bonchev–Trinajstić information content (AvgIpc) is 2.90. The second-order valence-corrected chi connectivity index (χ2v) is 6.06. The molecule has 2 rings (SSSR count). The molecule has 0 aliphatic heterocycles. The van der Waals surface area contributed by atoms with Crippen LogP contribution in [0, 0.1) is 0 Å². The minimum Gasteiger partial charge on any atom is -0.508 e. The third-order valence-corrected chi connectivity index (χ3v) is 3.85. The molecule has 0 spiro atoms. The van der Waals surface area contributed by atoms with E-state index in [2.05, 4.69) is 24.1 Å². The minimum absolute atomic E-state index is 0.195. The van der Waals surface area contributed by atoms with Gasteiger partial charge in [-0.1, -0.05) is 26.0 Å². The number of thiazole rings is 1. The molecule has 0 aliphatic rings. The molecule has 1 aromatic heterocycles. The number of rotatable bonds is 5. The van der Waals surface area contributed by atoms with Crippen LogP contribution in [0.3, 0.4) is 0 Å². The summed E-state index contributed by atoms with van der Waals surface area (Å²) in [6.07, 6.45) is 0.411. The smallest absolute Gasteiger partial charge is 0.243 e. The molecule has 0 fully saturated rings. The number of phenolic OH excluding ortho intramolecular Hbond substituents is 1. The first-order valence-electron chi connectivity index (χ1n) is 6.75. The molecule has 0 bridgehead atoms. The number of nitrogens with zero attached hydrogens (tertiary/aromatic N) is 1. The second-order valence-electron chi connectivity index (χ2n) is 5.20. The molecule has 6 heteroatoms. The van der Waals surface area contributed by atoms with Gasteiger partial charge in [0.25, 0.3) is 0 Å². The fourth-order valence-electron chi connectivity index (χ4n) is 1.79. The Morgan fingerprint density at radius 2 is 2.05 bits per heavy atom. The van der Waals surface area contributed by atoms with E-state index in [9.17, 15) is 9.90 Å². The minimum atomic E-state index is -0.652. The molecule has 1 aromatic carbocycles. The first kappa shape index (κ1) is 15.5. The quantitative estimate of drug-likeness (QED) is 0.792. The molecule has 1 amide bonds. The number of nitrogens with one attached hydrogen (secondary N) is 1. The van der Waals surface area contributed by atoms with E-state index >= 15 is 0 Å². The average molecular weight is 305 g/mol. The molecule has 0 radical (unpaired) electrons. The van der Waals surface area contributed by atoms with E-state index in [1.54, 1.807) is 24.3 Å². The van der Waals surface area contributed by atoms with Crippen molar-refractivity contribution in [2.45, 2.75) is 32.2 Å². The number of carbonyl (C=O) groups is 1. The Hall–Kier alpha value is -1.92. The zero-order chi connectivity index (χ0) is 15.4. The molecular weight excluding hydrogens is 286 g/mol. The van der Waals surface area contributed by atoms with E-state index in [4.69, 9.17) is 5.73 Å². The fourth-order valence-corrected chi connectivity index (χ4v) is 2.66. The van der Waals surface area contributed by atoms with Crippen LogP contribution in [-0.4, -0.2) is 22.0 Å².